The second kappa shape index (κ2) is 5.64. The molecule has 1 amide bonds. The molecule has 2 atom stereocenters. The molecule has 1 saturated heterocycles. The number of hydrogen-bond acceptors (Lipinski definition) is 3. The number of hydrogen-bond donors (Lipinski definition) is 2. The van der Waals surface area contributed by atoms with Crippen LogP contribution in [0.5, 0.6) is 0 Å². The van der Waals surface area contributed by atoms with Gasteiger partial charge in [0.1, 0.15) is 0 Å². The summed E-state index contributed by atoms with van der Waals surface area (Å²) in [4.78, 5) is 11.3. The van der Waals surface area contributed by atoms with Gasteiger partial charge in [0, 0.05) is 32.2 Å². The monoisotopic (exact) mass is 226 g/mol. The van der Waals surface area contributed by atoms with Crippen molar-refractivity contribution < 1.29 is 9.53 Å². The molecule has 2 rings (SSSR count). The van der Waals surface area contributed by atoms with Crippen LogP contribution in [0.15, 0.2) is 0 Å². The zero-order valence-corrected chi connectivity index (χ0v) is 10.00. The second-order valence-corrected chi connectivity index (χ2v) is 4.73. The SMILES string of the molecule is CCNC(=O)CCNC1CCOC1C1CC1. The lowest BCUT2D eigenvalue weighted by atomic mass is 10.1. The first-order chi connectivity index (χ1) is 7.81. The van der Waals surface area contributed by atoms with E-state index < -0.39 is 0 Å². The zero-order valence-electron chi connectivity index (χ0n) is 10.00. The standard InChI is InChI=1S/C12H22N2O2/c1-2-13-11(15)5-7-14-10-6-8-16-12(10)9-3-4-9/h9-10,12,14H,2-8H2,1H3,(H,13,15). The predicted octanol–water partition coefficient (Wildman–Crippen LogP) is 0.670. The van der Waals surface area contributed by atoms with Gasteiger partial charge in [0.15, 0.2) is 0 Å². The van der Waals surface area contributed by atoms with Gasteiger partial charge in [0.05, 0.1) is 6.10 Å². The first-order valence-electron chi connectivity index (χ1n) is 6.43. The minimum absolute atomic E-state index is 0.136. The van der Waals surface area contributed by atoms with Crippen molar-refractivity contribution in [1.82, 2.24) is 10.6 Å². The molecule has 0 spiro atoms. The first kappa shape index (κ1) is 11.9. The number of carbonyl (C=O) groups is 1. The van der Waals surface area contributed by atoms with Crippen molar-refractivity contribution >= 4 is 5.91 Å². The molecule has 0 aromatic rings. The lowest BCUT2D eigenvalue weighted by Crippen LogP contribution is -2.39. The Morgan fingerprint density at radius 2 is 2.19 bits per heavy atom. The Kier molecular flexibility index (Phi) is 4.18. The van der Waals surface area contributed by atoms with Gasteiger partial charge in [-0.25, -0.2) is 0 Å². The largest absolute Gasteiger partial charge is 0.376 e. The van der Waals surface area contributed by atoms with Crippen molar-refractivity contribution in [3.05, 3.63) is 0 Å². The van der Waals surface area contributed by atoms with Crippen LogP contribution < -0.4 is 10.6 Å². The van der Waals surface area contributed by atoms with Gasteiger partial charge in [-0.15, -0.1) is 0 Å². The second-order valence-electron chi connectivity index (χ2n) is 4.73. The maximum atomic E-state index is 11.3. The number of rotatable bonds is 6. The van der Waals surface area contributed by atoms with Gasteiger partial charge in [0.25, 0.3) is 0 Å². The number of nitrogens with one attached hydrogen (secondary N) is 2. The molecule has 1 aliphatic heterocycles. The molecule has 0 radical (unpaired) electrons. The number of ether oxygens (including phenoxy) is 1. The van der Waals surface area contributed by atoms with Gasteiger partial charge < -0.3 is 15.4 Å². The van der Waals surface area contributed by atoms with E-state index >= 15 is 0 Å². The van der Waals surface area contributed by atoms with Crippen molar-refractivity contribution in [2.75, 3.05) is 19.7 Å². The number of carbonyl (C=O) groups excluding carboxylic acids is 1. The molecule has 0 aromatic carbocycles. The van der Waals surface area contributed by atoms with E-state index in [2.05, 4.69) is 10.6 Å². The van der Waals surface area contributed by atoms with Gasteiger partial charge in [-0.2, -0.15) is 0 Å². The van der Waals surface area contributed by atoms with E-state index in [1.165, 1.54) is 12.8 Å². The van der Waals surface area contributed by atoms with Crippen molar-refractivity contribution in [2.45, 2.75) is 44.8 Å². The molecular formula is C12H22N2O2. The van der Waals surface area contributed by atoms with E-state index in [4.69, 9.17) is 4.74 Å². The Bertz CT molecular complexity index is 241. The average Bonchev–Trinajstić information content (AvgIpc) is 3.00. The van der Waals surface area contributed by atoms with Crippen LogP contribution in [0.4, 0.5) is 0 Å². The van der Waals surface area contributed by atoms with Gasteiger partial charge in [0.2, 0.25) is 5.91 Å². The minimum atomic E-state index is 0.136. The third kappa shape index (κ3) is 3.19. The van der Waals surface area contributed by atoms with E-state index in [0.29, 0.717) is 18.6 Å². The topological polar surface area (TPSA) is 50.4 Å². The molecular weight excluding hydrogens is 204 g/mol. The quantitative estimate of drug-likeness (QED) is 0.700. The van der Waals surface area contributed by atoms with Gasteiger partial charge in [-0.05, 0) is 32.1 Å². The summed E-state index contributed by atoms with van der Waals surface area (Å²) >= 11 is 0. The van der Waals surface area contributed by atoms with Crippen LogP contribution >= 0.6 is 0 Å². The van der Waals surface area contributed by atoms with Crippen molar-refractivity contribution in [3.8, 4) is 0 Å². The fraction of sp³-hybridized carbons (Fsp3) is 0.917. The third-order valence-electron chi connectivity index (χ3n) is 3.35. The summed E-state index contributed by atoms with van der Waals surface area (Å²) in [7, 11) is 0. The Morgan fingerprint density at radius 3 is 2.88 bits per heavy atom. The van der Waals surface area contributed by atoms with Crippen molar-refractivity contribution in [1.29, 1.82) is 0 Å². The van der Waals surface area contributed by atoms with Gasteiger partial charge in [-0.3, -0.25) is 4.79 Å². The summed E-state index contributed by atoms with van der Waals surface area (Å²) in [5.41, 5.74) is 0. The third-order valence-corrected chi connectivity index (χ3v) is 3.35. The van der Waals surface area contributed by atoms with E-state index in [1.807, 2.05) is 6.92 Å². The molecule has 1 aliphatic carbocycles. The molecule has 1 saturated carbocycles. The first-order valence-corrected chi connectivity index (χ1v) is 6.43. The Morgan fingerprint density at radius 1 is 1.38 bits per heavy atom. The lowest BCUT2D eigenvalue weighted by Gasteiger charge is -2.19. The Hall–Kier alpha value is -0.610. The molecule has 2 aliphatic rings. The smallest absolute Gasteiger partial charge is 0.221 e. The van der Waals surface area contributed by atoms with Crippen LogP contribution in [0, 0.1) is 5.92 Å². The maximum Gasteiger partial charge on any atom is 0.221 e. The highest BCUT2D eigenvalue weighted by atomic mass is 16.5. The van der Waals surface area contributed by atoms with Crippen LogP contribution in [0.25, 0.3) is 0 Å². The van der Waals surface area contributed by atoms with Crippen LogP contribution in [0.2, 0.25) is 0 Å². The fourth-order valence-electron chi connectivity index (χ4n) is 2.38. The van der Waals surface area contributed by atoms with E-state index in [9.17, 15) is 4.79 Å². The number of amides is 1. The highest BCUT2D eigenvalue weighted by molar-refractivity contribution is 5.75. The highest BCUT2D eigenvalue weighted by Gasteiger charge is 2.40. The molecule has 0 bridgehead atoms. The Labute approximate surface area is 97.1 Å². The van der Waals surface area contributed by atoms with E-state index in [0.717, 1.165) is 32.0 Å². The summed E-state index contributed by atoms with van der Waals surface area (Å²) in [6.45, 7) is 4.30. The summed E-state index contributed by atoms with van der Waals surface area (Å²) in [6.07, 6.45) is 4.71. The van der Waals surface area contributed by atoms with Crippen LogP contribution in [0.1, 0.15) is 32.6 Å². The molecule has 0 aromatic heterocycles. The maximum absolute atomic E-state index is 11.3. The summed E-state index contributed by atoms with van der Waals surface area (Å²) in [6, 6.07) is 0.474. The fourth-order valence-corrected chi connectivity index (χ4v) is 2.38. The summed E-state index contributed by atoms with van der Waals surface area (Å²) in [5.74, 6) is 0.918. The molecule has 4 nitrogen and oxygen atoms in total. The zero-order chi connectivity index (χ0) is 11.4. The molecule has 2 unspecified atom stereocenters. The molecule has 16 heavy (non-hydrogen) atoms. The van der Waals surface area contributed by atoms with Crippen molar-refractivity contribution in [3.63, 3.8) is 0 Å². The summed E-state index contributed by atoms with van der Waals surface area (Å²) in [5, 5.41) is 6.26. The summed E-state index contributed by atoms with van der Waals surface area (Å²) < 4.78 is 5.73. The van der Waals surface area contributed by atoms with Crippen molar-refractivity contribution in [2.24, 2.45) is 5.92 Å². The molecule has 2 N–H and O–H groups in total. The van der Waals surface area contributed by atoms with Crippen LogP contribution in [-0.4, -0.2) is 37.7 Å². The van der Waals surface area contributed by atoms with E-state index in [1.54, 1.807) is 0 Å². The van der Waals surface area contributed by atoms with Gasteiger partial charge >= 0.3 is 0 Å². The molecule has 92 valence electrons. The van der Waals surface area contributed by atoms with Gasteiger partial charge in [-0.1, -0.05) is 0 Å². The van der Waals surface area contributed by atoms with Crippen LogP contribution in [-0.2, 0) is 9.53 Å². The Balaban J connectivity index is 1.63. The molecule has 4 heteroatoms. The predicted molar refractivity (Wildman–Crippen MR) is 62.2 cm³/mol. The highest BCUT2D eigenvalue weighted by Crippen LogP contribution is 2.38. The average molecular weight is 226 g/mol. The lowest BCUT2D eigenvalue weighted by molar-refractivity contribution is -0.120. The van der Waals surface area contributed by atoms with Crippen LogP contribution in [0.3, 0.4) is 0 Å². The molecule has 2 fully saturated rings. The van der Waals surface area contributed by atoms with E-state index in [-0.39, 0.29) is 5.91 Å². The normalized spacial score (nSPS) is 29.3. The molecule has 1 heterocycles. The minimum Gasteiger partial charge on any atom is -0.376 e.